The average molecular weight is 300 g/mol. The summed E-state index contributed by atoms with van der Waals surface area (Å²) in [6, 6.07) is 0.0723. The maximum atomic E-state index is 12.3. The van der Waals surface area contributed by atoms with Gasteiger partial charge < -0.3 is 15.1 Å². The second-order valence-electron chi connectivity index (χ2n) is 5.54. The normalized spacial score (nSPS) is 23.9. The second-order valence-corrected chi connectivity index (χ2v) is 6.57. The first kappa shape index (κ1) is 15.4. The molecule has 3 amide bonds. The Morgan fingerprint density at radius 1 is 1.20 bits per heavy atom. The molecule has 0 bridgehead atoms. The molecule has 20 heavy (non-hydrogen) atoms. The number of hydrogen-bond donors (Lipinski definition) is 2. The maximum Gasteiger partial charge on any atom is 0.317 e. The van der Waals surface area contributed by atoms with Gasteiger partial charge in [-0.15, -0.1) is 11.8 Å². The molecule has 0 saturated carbocycles. The molecule has 1 atom stereocenters. The van der Waals surface area contributed by atoms with Crippen LogP contribution in [0.2, 0.25) is 0 Å². The smallest absolute Gasteiger partial charge is 0.317 e. The Balaban J connectivity index is 1.85. The van der Waals surface area contributed by atoms with Crippen molar-refractivity contribution in [1.82, 2.24) is 20.4 Å². The zero-order valence-electron chi connectivity index (χ0n) is 12.2. The number of rotatable bonds is 2. The molecule has 2 N–H and O–H groups in total. The highest BCUT2D eigenvalue weighted by Crippen LogP contribution is 2.13. The van der Waals surface area contributed by atoms with E-state index in [2.05, 4.69) is 10.6 Å². The van der Waals surface area contributed by atoms with Gasteiger partial charge >= 0.3 is 6.03 Å². The van der Waals surface area contributed by atoms with E-state index in [0.29, 0.717) is 13.1 Å². The molecule has 6 nitrogen and oxygen atoms in total. The van der Waals surface area contributed by atoms with Crippen molar-refractivity contribution in [3.63, 3.8) is 0 Å². The molecule has 2 saturated heterocycles. The fraction of sp³-hybridized carbons (Fsp3) is 0.846. The SMILES string of the molecule is CC(C)NC(=O)N1CCCN(C(=O)C2CSCN2)CC1. The predicted molar refractivity (Wildman–Crippen MR) is 80.7 cm³/mol. The average Bonchev–Trinajstić information content (AvgIpc) is 2.81. The molecule has 0 aromatic heterocycles. The van der Waals surface area contributed by atoms with Gasteiger partial charge in [0.1, 0.15) is 0 Å². The molecule has 114 valence electrons. The molecule has 0 aromatic rings. The van der Waals surface area contributed by atoms with E-state index in [1.54, 1.807) is 11.8 Å². The third kappa shape index (κ3) is 4.02. The molecule has 0 aromatic carbocycles. The molecular formula is C13H24N4O2S. The molecule has 1 unspecified atom stereocenters. The molecule has 0 spiro atoms. The van der Waals surface area contributed by atoms with Gasteiger partial charge in [0, 0.05) is 43.9 Å². The number of nitrogens with one attached hydrogen (secondary N) is 2. The lowest BCUT2D eigenvalue weighted by Gasteiger charge is -2.25. The van der Waals surface area contributed by atoms with Gasteiger partial charge in [-0.05, 0) is 20.3 Å². The summed E-state index contributed by atoms with van der Waals surface area (Å²) < 4.78 is 0. The first-order valence-corrected chi connectivity index (χ1v) is 8.38. The van der Waals surface area contributed by atoms with Crippen LogP contribution < -0.4 is 10.6 Å². The lowest BCUT2D eigenvalue weighted by atomic mass is 10.2. The van der Waals surface area contributed by atoms with Crippen molar-refractivity contribution < 1.29 is 9.59 Å². The molecule has 0 radical (unpaired) electrons. The monoisotopic (exact) mass is 300 g/mol. The third-order valence-corrected chi connectivity index (χ3v) is 4.46. The third-order valence-electron chi connectivity index (χ3n) is 3.52. The summed E-state index contributed by atoms with van der Waals surface area (Å²) in [7, 11) is 0. The van der Waals surface area contributed by atoms with Gasteiger partial charge in [0.25, 0.3) is 0 Å². The fourth-order valence-electron chi connectivity index (χ4n) is 2.45. The summed E-state index contributed by atoms with van der Waals surface area (Å²) in [6.45, 7) is 6.61. The molecule has 2 rings (SSSR count). The minimum absolute atomic E-state index is 0.0242. The summed E-state index contributed by atoms with van der Waals surface area (Å²) in [5, 5.41) is 6.12. The number of nitrogens with zero attached hydrogens (tertiary/aromatic N) is 2. The van der Waals surface area contributed by atoms with Crippen molar-refractivity contribution in [3.05, 3.63) is 0 Å². The highest BCUT2D eigenvalue weighted by Gasteiger charge is 2.29. The molecule has 2 aliphatic heterocycles. The molecule has 0 aliphatic carbocycles. The number of amides is 3. The van der Waals surface area contributed by atoms with Gasteiger partial charge in [-0.25, -0.2) is 4.79 Å². The first-order chi connectivity index (χ1) is 9.58. The molecule has 2 fully saturated rings. The van der Waals surface area contributed by atoms with Crippen molar-refractivity contribution in [2.75, 3.05) is 37.8 Å². The fourth-order valence-corrected chi connectivity index (χ4v) is 3.39. The van der Waals surface area contributed by atoms with E-state index in [9.17, 15) is 9.59 Å². The predicted octanol–water partition coefficient (Wildman–Crippen LogP) is 0.301. The topological polar surface area (TPSA) is 64.7 Å². The number of thioether (sulfide) groups is 1. The number of urea groups is 1. The minimum Gasteiger partial charge on any atom is -0.339 e. The lowest BCUT2D eigenvalue weighted by molar-refractivity contribution is -0.132. The van der Waals surface area contributed by atoms with Crippen LogP contribution in [0.25, 0.3) is 0 Å². The Labute approximate surface area is 124 Å². The largest absolute Gasteiger partial charge is 0.339 e. The number of carbonyl (C=O) groups excluding carboxylic acids is 2. The van der Waals surface area contributed by atoms with Gasteiger partial charge in [0.05, 0.1) is 6.04 Å². The van der Waals surface area contributed by atoms with Crippen LogP contribution in [-0.4, -0.2) is 71.6 Å². The molecule has 7 heteroatoms. The van der Waals surface area contributed by atoms with Crippen molar-refractivity contribution in [2.45, 2.75) is 32.4 Å². The van der Waals surface area contributed by atoms with Crippen LogP contribution in [0.4, 0.5) is 4.79 Å². The van der Waals surface area contributed by atoms with Crippen molar-refractivity contribution in [1.29, 1.82) is 0 Å². The van der Waals surface area contributed by atoms with E-state index in [4.69, 9.17) is 0 Å². The van der Waals surface area contributed by atoms with E-state index >= 15 is 0 Å². The standard InChI is InChI=1S/C13H24N4O2S/c1-10(2)15-13(19)17-5-3-4-16(6-7-17)12(18)11-8-20-9-14-11/h10-11,14H,3-9H2,1-2H3,(H,15,19). The minimum atomic E-state index is -0.0453. The summed E-state index contributed by atoms with van der Waals surface area (Å²) >= 11 is 1.76. The van der Waals surface area contributed by atoms with Crippen molar-refractivity contribution in [3.8, 4) is 0 Å². The molecule has 2 aliphatic rings. The Morgan fingerprint density at radius 2 is 1.90 bits per heavy atom. The first-order valence-electron chi connectivity index (χ1n) is 7.23. The van der Waals surface area contributed by atoms with Crippen LogP contribution in [0.3, 0.4) is 0 Å². The zero-order valence-corrected chi connectivity index (χ0v) is 13.0. The summed E-state index contributed by atoms with van der Waals surface area (Å²) in [6.07, 6.45) is 0.844. The van der Waals surface area contributed by atoms with Crippen molar-refractivity contribution >= 4 is 23.7 Å². The van der Waals surface area contributed by atoms with E-state index in [1.165, 1.54) is 0 Å². The van der Waals surface area contributed by atoms with Gasteiger partial charge in [0.15, 0.2) is 0 Å². The van der Waals surface area contributed by atoms with Gasteiger partial charge in [-0.1, -0.05) is 0 Å². The quantitative estimate of drug-likeness (QED) is 0.770. The van der Waals surface area contributed by atoms with E-state index in [-0.39, 0.29) is 24.0 Å². The van der Waals surface area contributed by atoms with Gasteiger partial charge in [-0.3, -0.25) is 10.1 Å². The number of hydrogen-bond acceptors (Lipinski definition) is 4. The van der Waals surface area contributed by atoms with Crippen LogP contribution in [0, 0.1) is 0 Å². The summed E-state index contributed by atoms with van der Waals surface area (Å²) in [4.78, 5) is 28.0. The van der Waals surface area contributed by atoms with Crippen LogP contribution in [-0.2, 0) is 4.79 Å². The van der Waals surface area contributed by atoms with Crippen LogP contribution >= 0.6 is 11.8 Å². The second kappa shape index (κ2) is 7.17. The Kier molecular flexibility index (Phi) is 5.54. The van der Waals surface area contributed by atoms with Gasteiger partial charge in [0.2, 0.25) is 5.91 Å². The summed E-state index contributed by atoms with van der Waals surface area (Å²) in [5.41, 5.74) is 0. The summed E-state index contributed by atoms with van der Waals surface area (Å²) in [5.74, 6) is 1.89. The molecular weight excluding hydrogens is 276 g/mol. The van der Waals surface area contributed by atoms with Crippen LogP contribution in [0.15, 0.2) is 0 Å². The number of carbonyl (C=O) groups is 2. The maximum absolute atomic E-state index is 12.3. The Hall–Kier alpha value is -0.950. The highest BCUT2D eigenvalue weighted by molar-refractivity contribution is 7.99. The van der Waals surface area contributed by atoms with E-state index in [0.717, 1.165) is 31.1 Å². The van der Waals surface area contributed by atoms with E-state index in [1.807, 2.05) is 23.6 Å². The van der Waals surface area contributed by atoms with E-state index < -0.39 is 0 Å². The van der Waals surface area contributed by atoms with Crippen molar-refractivity contribution in [2.24, 2.45) is 0 Å². The zero-order chi connectivity index (χ0) is 14.5. The molecule has 2 heterocycles. The highest BCUT2D eigenvalue weighted by atomic mass is 32.2. The van der Waals surface area contributed by atoms with Gasteiger partial charge in [-0.2, -0.15) is 0 Å². The Morgan fingerprint density at radius 3 is 2.55 bits per heavy atom. The van der Waals surface area contributed by atoms with Crippen LogP contribution in [0.1, 0.15) is 20.3 Å². The van der Waals surface area contributed by atoms with Crippen LogP contribution in [0.5, 0.6) is 0 Å². The Bertz CT molecular complexity index is 358. The lowest BCUT2D eigenvalue weighted by Crippen LogP contribution is -2.47.